The minimum absolute atomic E-state index is 0.00175. The summed E-state index contributed by atoms with van der Waals surface area (Å²) in [5, 5.41) is 3.42. The highest BCUT2D eigenvalue weighted by atomic mass is 16.6. The van der Waals surface area contributed by atoms with Crippen LogP contribution in [0.15, 0.2) is 42.5 Å². The van der Waals surface area contributed by atoms with Crippen molar-refractivity contribution >= 4 is 33.5 Å². The van der Waals surface area contributed by atoms with E-state index in [-0.39, 0.29) is 23.8 Å². The predicted molar refractivity (Wildman–Crippen MR) is 175 cm³/mol. The van der Waals surface area contributed by atoms with Gasteiger partial charge in [0, 0.05) is 33.4 Å². The molecule has 0 spiro atoms. The first kappa shape index (κ1) is 32.1. The second kappa shape index (κ2) is 14.7. The van der Waals surface area contributed by atoms with Crippen molar-refractivity contribution in [3.05, 3.63) is 48.0 Å². The lowest BCUT2D eigenvalue weighted by Crippen LogP contribution is -2.39. The highest BCUT2D eigenvalue weighted by Crippen LogP contribution is 2.46. The smallest absolute Gasteiger partial charge is 0.347 e. The molecule has 0 aromatic heterocycles. The van der Waals surface area contributed by atoms with Crippen LogP contribution in [0, 0.1) is 23.7 Å². The normalized spacial score (nSPS) is 19.2. The molecule has 0 amide bonds. The minimum atomic E-state index is -0.735. The quantitative estimate of drug-likeness (QED) is 0.161. The van der Waals surface area contributed by atoms with E-state index in [0.717, 1.165) is 59.2 Å². The summed E-state index contributed by atoms with van der Waals surface area (Å²) in [5.74, 6) is 1.43. The molecule has 4 unspecified atom stereocenters. The van der Waals surface area contributed by atoms with Crippen LogP contribution in [-0.4, -0.2) is 38.4 Å². The van der Waals surface area contributed by atoms with Crippen molar-refractivity contribution in [2.45, 2.75) is 104 Å². The van der Waals surface area contributed by atoms with Gasteiger partial charge in [-0.3, -0.25) is 0 Å². The molecule has 0 heterocycles. The summed E-state index contributed by atoms with van der Waals surface area (Å²) < 4.78 is 24.3. The van der Waals surface area contributed by atoms with Gasteiger partial charge >= 0.3 is 11.9 Å². The van der Waals surface area contributed by atoms with Crippen molar-refractivity contribution < 1.29 is 28.5 Å². The molecule has 2 aliphatic rings. The third-order valence-corrected chi connectivity index (χ3v) is 10.5. The first-order valence-corrected chi connectivity index (χ1v) is 16.8. The highest BCUT2D eigenvalue weighted by Gasteiger charge is 2.37. The van der Waals surface area contributed by atoms with E-state index in [0.29, 0.717) is 23.3 Å². The van der Waals surface area contributed by atoms with E-state index in [1.165, 1.54) is 52.7 Å². The molecule has 2 fully saturated rings. The van der Waals surface area contributed by atoms with Crippen LogP contribution in [0.4, 0.5) is 0 Å². The summed E-state index contributed by atoms with van der Waals surface area (Å²) in [6.45, 7) is 6.38. The van der Waals surface area contributed by atoms with Crippen LogP contribution in [0.3, 0.4) is 0 Å². The van der Waals surface area contributed by atoms with E-state index in [1.54, 1.807) is 0 Å². The molecule has 0 saturated heterocycles. The van der Waals surface area contributed by atoms with Gasteiger partial charge in [-0.05, 0) is 29.9 Å². The van der Waals surface area contributed by atoms with Gasteiger partial charge in [0.15, 0.2) is 12.2 Å². The first-order valence-electron chi connectivity index (χ1n) is 16.8. The van der Waals surface area contributed by atoms with Crippen molar-refractivity contribution in [1.29, 1.82) is 0 Å². The summed E-state index contributed by atoms with van der Waals surface area (Å²) in [4.78, 5) is 26.6. The molecule has 4 atom stereocenters. The average Bonchev–Trinajstić information content (AvgIpc) is 3.09. The number of carbonyl (C=O) groups excluding carboxylic acids is 2. The first-order chi connectivity index (χ1) is 21.4. The minimum Gasteiger partial charge on any atom is -0.477 e. The number of benzene rings is 3. The molecule has 238 valence electrons. The van der Waals surface area contributed by atoms with E-state index < -0.39 is 12.2 Å². The number of carbonyl (C=O) groups is 2. The third kappa shape index (κ3) is 6.69. The molecule has 0 N–H and O–H groups in total. The number of esters is 2. The molecule has 3 aromatic carbocycles. The Morgan fingerprint density at radius 3 is 1.52 bits per heavy atom. The molecule has 0 bridgehead atoms. The van der Waals surface area contributed by atoms with Gasteiger partial charge in [0.1, 0.15) is 11.5 Å². The summed E-state index contributed by atoms with van der Waals surface area (Å²) >= 11 is 0. The van der Waals surface area contributed by atoms with E-state index in [9.17, 15) is 9.59 Å². The van der Waals surface area contributed by atoms with Crippen LogP contribution in [0.25, 0.3) is 21.5 Å². The number of fused-ring (bicyclic) bond motifs is 2. The fourth-order valence-corrected chi connectivity index (χ4v) is 7.66. The maximum absolute atomic E-state index is 13.3. The summed E-state index contributed by atoms with van der Waals surface area (Å²) in [7, 11) is 2.88. The zero-order valence-corrected chi connectivity index (χ0v) is 27.2. The molecule has 0 radical (unpaired) electrons. The lowest BCUT2D eigenvalue weighted by molar-refractivity contribution is -0.153. The Balaban J connectivity index is 1.64. The van der Waals surface area contributed by atoms with Crippen LogP contribution in [0.5, 0.6) is 11.5 Å². The Hall–Kier alpha value is -3.28. The lowest BCUT2D eigenvalue weighted by Gasteiger charge is -2.34. The number of aryl methyl sites for hydroxylation is 1. The van der Waals surface area contributed by atoms with Crippen LogP contribution in [0.1, 0.15) is 90.5 Å². The number of ether oxygens (including phenoxy) is 4. The number of hydrogen-bond acceptors (Lipinski definition) is 6. The number of rotatable bonds is 11. The number of methoxy groups -OCH3 is 2. The van der Waals surface area contributed by atoms with Gasteiger partial charge in [0.05, 0.1) is 14.2 Å². The van der Waals surface area contributed by atoms with Crippen molar-refractivity contribution in [3.8, 4) is 11.5 Å². The molecular formula is C38H50O6. The SMILES string of the molecule is CCc1ccc2c(OC(C(=O)OC)C(C)C3CCCCC3)c3ccccc3c(OC(C(=O)OC)C(C)C3CCCCC3)c2c1. The van der Waals surface area contributed by atoms with E-state index in [4.69, 9.17) is 18.9 Å². The van der Waals surface area contributed by atoms with Gasteiger partial charge in [0.25, 0.3) is 0 Å². The second-order valence-electron chi connectivity index (χ2n) is 13.1. The molecule has 5 rings (SSSR count). The topological polar surface area (TPSA) is 71.1 Å². The van der Waals surface area contributed by atoms with E-state index in [2.05, 4.69) is 39.0 Å². The van der Waals surface area contributed by atoms with Crippen molar-refractivity contribution in [1.82, 2.24) is 0 Å². The van der Waals surface area contributed by atoms with Crippen LogP contribution in [0.2, 0.25) is 0 Å². The molecule has 6 heteroatoms. The van der Waals surface area contributed by atoms with Crippen molar-refractivity contribution in [3.63, 3.8) is 0 Å². The van der Waals surface area contributed by atoms with Gasteiger partial charge in [-0.1, -0.05) is 121 Å². The van der Waals surface area contributed by atoms with E-state index in [1.807, 2.05) is 24.3 Å². The molecular weight excluding hydrogens is 552 g/mol. The average molecular weight is 603 g/mol. The van der Waals surface area contributed by atoms with Gasteiger partial charge in [-0.2, -0.15) is 0 Å². The van der Waals surface area contributed by atoms with Crippen molar-refractivity contribution in [2.24, 2.45) is 23.7 Å². The molecule has 6 nitrogen and oxygen atoms in total. The fourth-order valence-electron chi connectivity index (χ4n) is 7.66. The molecule has 2 saturated carbocycles. The summed E-state index contributed by atoms with van der Waals surface area (Å²) in [6.07, 6.45) is 11.0. The molecule has 0 aliphatic heterocycles. The summed E-state index contributed by atoms with van der Waals surface area (Å²) in [6, 6.07) is 14.3. The molecule has 44 heavy (non-hydrogen) atoms. The van der Waals surface area contributed by atoms with Gasteiger partial charge in [-0.15, -0.1) is 0 Å². The number of hydrogen-bond donors (Lipinski definition) is 0. The van der Waals surface area contributed by atoms with Gasteiger partial charge in [-0.25, -0.2) is 9.59 Å². The van der Waals surface area contributed by atoms with Crippen molar-refractivity contribution in [2.75, 3.05) is 14.2 Å². The standard InChI is InChI=1S/C38H50O6/c1-6-26-21-22-31-32(23-26)36(44-34(38(40)42-5)25(3)28-17-11-8-12-18-28)30-20-14-13-19-29(30)35(31)43-33(37(39)41-4)24(2)27-15-9-7-10-16-27/h13-14,19-25,27-28,33-34H,6-12,15-18H2,1-5H3. The largest absolute Gasteiger partial charge is 0.477 e. The maximum Gasteiger partial charge on any atom is 0.347 e. The maximum atomic E-state index is 13.3. The second-order valence-corrected chi connectivity index (χ2v) is 13.1. The monoisotopic (exact) mass is 602 g/mol. The van der Waals surface area contributed by atoms with Crippen LogP contribution < -0.4 is 9.47 Å². The molecule has 3 aromatic rings. The summed E-state index contributed by atoms with van der Waals surface area (Å²) in [5.41, 5.74) is 1.15. The van der Waals surface area contributed by atoms with E-state index >= 15 is 0 Å². The highest BCUT2D eigenvalue weighted by molar-refractivity contribution is 6.11. The Morgan fingerprint density at radius 1 is 0.659 bits per heavy atom. The fraction of sp³-hybridized carbons (Fsp3) is 0.579. The lowest BCUT2D eigenvalue weighted by atomic mass is 9.78. The van der Waals surface area contributed by atoms with Gasteiger partial charge < -0.3 is 18.9 Å². The van der Waals surface area contributed by atoms with Crippen LogP contribution >= 0.6 is 0 Å². The Morgan fingerprint density at radius 2 is 1.09 bits per heavy atom. The molecule has 2 aliphatic carbocycles. The third-order valence-electron chi connectivity index (χ3n) is 10.5. The zero-order chi connectivity index (χ0) is 31.2. The van der Waals surface area contributed by atoms with Gasteiger partial charge in [0.2, 0.25) is 0 Å². The predicted octanol–water partition coefficient (Wildman–Crippen LogP) is 8.83. The zero-order valence-electron chi connectivity index (χ0n) is 27.2. The Kier molecular flexibility index (Phi) is 10.7. The Labute approximate surface area is 262 Å². The van der Waals surface area contributed by atoms with Crippen LogP contribution in [-0.2, 0) is 25.5 Å². The Bertz CT molecular complexity index is 1430.